The van der Waals surface area contributed by atoms with Crippen LogP contribution in [0.5, 0.6) is 11.5 Å². The Kier molecular flexibility index (Phi) is 7.73. The first-order chi connectivity index (χ1) is 18.1. The average molecular weight is 533 g/mol. The lowest BCUT2D eigenvalue weighted by Crippen LogP contribution is -2.40. The number of rotatable bonds is 7. The van der Waals surface area contributed by atoms with Crippen LogP contribution < -0.4 is 24.4 Å². The number of thiazole rings is 1. The number of allylic oxidation sites excluding steroid dienone is 1. The number of esters is 1. The van der Waals surface area contributed by atoms with Crippen molar-refractivity contribution in [1.82, 2.24) is 4.57 Å². The number of ether oxygens (including phenoxy) is 3. The van der Waals surface area contributed by atoms with Crippen LogP contribution in [-0.4, -0.2) is 31.4 Å². The maximum atomic E-state index is 13.8. The molecule has 0 amide bonds. The highest BCUT2D eigenvalue weighted by Gasteiger charge is 2.34. The van der Waals surface area contributed by atoms with Crippen molar-refractivity contribution >= 4 is 23.4 Å². The van der Waals surface area contributed by atoms with E-state index in [9.17, 15) is 9.59 Å². The highest BCUT2D eigenvalue weighted by Crippen LogP contribution is 2.36. The van der Waals surface area contributed by atoms with Gasteiger partial charge in [0.2, 0.25) is 0 Å². The Labute approximate surface area is 226 Å². The molecule has 38 heavy (non-hydrogen) atoms. The van der Waals surface area contributed by atoms with E-state index in [-0.39, 0.29) is 23.2 Å². The molecule has 198 valence electrons. The van der Waals surface area contributed by atoms with E-state index in [2.05, 4.69) is 44.5 Å². The van der Waals surface area contributed by atoms with Gasteiger partial charge >= 0.3 is 5.97 Å². The van der Waals surface area contributed by atoms with E-state index in [1.807, 2.05) is 24.3 Å². The van der Waals surface area contributed by atoms with Crippen LogP contribution in [0.1, 0.15) is 50.4 Å². The lowest BCUT2D eigenvalue weighted by Gasteiger charge is -2.25. The zero-order valence-corrected chi connectivity index (χ0v) is 23.3. The summed E-state index contributed by atoms with van der Waals surface area (Å²) in [4.78, 5) is 32.2. The van der Waals surface area contributed by atoms with Gasteiger partial charge in [0.15, 0.2) is 16.3 Å². The van der Waals surface area contributed by atoms with Crippen LogP contribution in [0.4, 0.5) is 0 Å². The minimum absolute atomic E-state index is 0.0332. The van der Waals surface area contributed by atoms with E-state index in [1.165, 1.54) is 23.0 Å². The van der Waals surface area contributed by atoms with Crippen molar-refractivity contribution in [3.05, 3.63) is 103 Å². The molecule has 1 unspecified atom stereocenters. The number of nitrogens with zero attached hydrogens (tertiary/aromatic N) is 2. The third-order valence-electron chi connectivity index (χ3n) is 6.37. The first-order valence-corrected chi connectivity index (χ1v) is 13.0. The monoisotopic (exact) mass is 532 g/mol. The minimum Gasteiger partial charge on any atom is -0.493 e. The Hall–Kier alpha value is -3.91. The predicted molar refractivity (Wildman–Crippen MR) is 150 cm³/mol. The molecule has 1 aliphatic rings. The fraction of sp³-hybridized carbons (Fsp3) is 0.300. The van der Waals surface area contributed by atoms with Gasteiger partial charge in [0.05, 0.1) is 36.1 Å². The Bertz CT molecular complexity index is 1590. The van der Waals surface area contributed by atoms with Crippen molar-refractivity contribution in [2.75, 3.05) is 20.8 Å². The largest absolute Gasteiger partial charge is 0.493 e. The van der Waals surface area contributed by atoms with E-state index in [0.29, 0.717) is 32.1 Å². The molecule has 8 heteroatoms. The number of fused-ring (bicyclic) bond motifs is 1. The smallest absolute Gasteiger partial charge is 0.338 e. The maximum Gasteiger partial charge on any atom is 0.338 e. The van der Waals surface area contributed by atoms with Gasteiger partial charge in [0, 0.05) is 0 Å². The second kappa shape index (κ2) is 10.8. The van der Waals surface area contributed by atoms with Crippen LogP contribution in [0.25, 0.3) is 6.08 Å². The summed E-state index contributed by atoms with van der Waals surface area (Å²) in [5.74, 6) is 0.469. The summed E-state index contributed by atoms with van der Waals surface area (Å²) in [7, 11) is 3.09. The van der Waals surface area contributed by atoms with E-state index in [1.54, 1.807) is 37.8 Å². The summed E-state index contributed by atoms with van der Waals surface area (Å²) in [6.45, 7) is 11.9. The van der Waals surface area contributed by atoms with Crippen molar-refractivity contribution < 1.29 is 19.0 Å². The first kappa shape index (κ1) is 27.1. The average Bonchev–Trinajstić information content (AvgIpc) is 3.19. The summed E-state index contributed by atoms with van der Waals surface area (Å²) in [5, 5.41) is 0. The van der Waals surface area contributed by atoms with E-state index >= 15 is 0 Å². The molecule has 2 heterocycles. The molecule has 0 saturated carbocycles. The first-order valence-electron chi connectivity index (χ1n) is 12.2. The number of aromatic nitrogens is 1. The standard InChI is InChI=1S/C30H32N2O5S/c1-8-15-37-28(34)25-18(2)31-29-32(26(25)20-11-14-22(35-6)23(17-20)36-7)27(33)24(38-29)16-19-9-12-21(13-10-19)30(3,4)5/h8-14,16-17,26H,1,15H2,2-7H3/b24-16+. The Balaban J connectivity index is 1.91. The zero-order chi connectivity index (χ0) is 27.6. The maximum absolute atomic E-state index is 13.8. The quantitative estimate of drug-likeness (QED) is 0.335. The highest BCUT2D eigenvalue weighted by molar-refractivity contribution is 7.07. The van der Waals surface area contributed by atoms with E-state index in [0.717, 1.165) is 5.56 Å². The van der Waals surface area contributed by atoms with Gasteiger partial charge in [-0.2, -0.15) is 0 Å². The van der Waals surface area contributed by atoms with Crippen LogP contribution in [0.3, 0.4) is 0 Å². The number of carbonyl (C=O) groups is 1. The Morgan fingerprint density at radius 3 is 2.39 bits per heavy atom. The summed E-state index contributed by atoms with van der Waals surface area (Å²) in [5.41, 5.74) is 3.36. The Morgan fingerprint density at radius 2 is 1.79 bits per heavy atom. The molecule has 0 spiro atoms. The highest BCUT2D eigenvalue weighted by atomic mass is 32.1. The number of hydrogen-bond donors (Lipinski definition) is 0. The fourth-order valence-corrected chi connectivity index (χ4v) is 5.41. The normalized spacial score (nSPS) is 15.5. The van der Waals surface area contributed by atoms with Gasteiger partial charge in [-0.1, -0.05) is 75.1 Å². The molecule has 0 saturated heterocycles. The lowest BCUT2D eigenvalue weighted by molar-refractivity contribution is -0.138. The van der Waals surface area contributed by atoms with E-state index in [4.69, 9.17) is 14.2 Å². The molecule has 0 bridgehead atoms. The van der Waals surface area contributed by atoms with Crippen LogP contribution in [0.2, 0.25) is 0 Å². The van der Waals surface area contributed by atoms with Gasteiger partial charge in [-0.25, -0.2) is 9.79 Å². The van der Waals surface area contributed by atoms with E-state index < -0.39 is 12.0 Å². The van der Waals surface area contributed by atoms with Crippen molar-refractivity contribution in [2.45, 2.75) is 39.2 Å². The van der Waals surface area contributed by atoms with Gasteiger partial charge in [0.1, 0.15) is 6.61 Å². The summed E-state index contributed by atoms with van der Waals surface area (Å²) in [6, 6.07) is 12.7. The molecule has 0 N–H and O–H groups in total. The van der Waals surface area contributed by atoms with Gasteiger partial charge in [-0.15, -0.1) is 0 Å². The van der Waals surface area contributed by atoms with Gasteiger partial charge < -0.3 is 14.2 Å². The molecule has 3 aromatic rings. The molecule has 7 nitrogen and oxygen atoms in total. The second-order valence-electron chi connectivity index (χ2n) is 9.96. The van der Waals surface area contributed by atoms with Crippen LogP contribution in [0.15, 0.2) is 76.2 Å². The molecule has 0 fully saturated rings. The molecule has 2 aromatic carbocycles. The molecular formula is C30H32N2O5S. The fourth-order valence-electron chi connectivity index (χ4n) is 4.36. The molecule has 1 aromatic heterocycles. The van der Waals surface area contributed by atoms with Crippen LogP contribution in [-0.2, 0) is 14.9 Å². The number of benzene rings is 2. The van der Waals surface area contributed by atoms with Gasteiger partial charge in [0.25, 0.3) is 5.56 Å². The Morgan fingerprint density at radius 1 is 1.11 bits per heavy atom. The number of carbonyl (C=O) groups excluding carboxylic acids is 1. The number of hydrogen-bond acceptors (Lipinski definition) is 7. The third kappa shape index (κ3) is 5.22. The van der Waals surface area contributed by atoms with Crippen LogP contribution >= 0.6 is 11.3 Å². The molecular weight excluding hydrogens is 500 g/mol. The van der Waals surface area contributed by atoms with Gasteiger partial charge in [-0.3, -0.25) is 9.36 Å². The molecule has 1 atom stereocenters. The third-order valence-corrected chi connectivity index (χ3v) is 7.35. The van der Waals surface area contributed by atoms with Crippen molar-refractivity contribution in [1.29, 1.82) is 0 Å². The SMILES string of the molecule is C=CCOC(=O)C1=C(C)N=c2s/c(=C/c3ccc(C(C)(C)C)cc3)c(=O)n2C1c1ccc(OC)c(OC)c1. The van der Waals surface area contributed by atoms with Crippen molar-refractivity contribution in [2.24, 2.45) is 4.99 Å². The number of methoxy groups -OCH3 is 2. The summed E-state index contributed by atoms with van der Waals surface area (Å²) < 4.78 is 18.4. The molecule has 1 aliphatic heterocycles. The second-order valence-corrected chi connectivity index (χ2v) is 11.0. The molecule has 4 rings (SSSR count). The summed E-state index contributed by atoms with van der Waals surface area (Å²) >= 11 is 1.29. The predicted octanol–water partition coefficient (Wildman–Crippen LogP) is 4.28. The minimum atomic E-state index is -0.756. The van der Waals surface area contributed by atoms with Crippen molar-refractivity contribution in [3.8, 4) is 11.5 Å². The topological polar surface area (TPSA) is 79.1 Å². The van der Waals surface area contributed by atoms with Crippen LogP contribution in [0, 0.1) is 0 Å². The van der Waals surface area contributed by atoms with Gasteiger partial charge in [-0.05, 0) is 47.2 Å². The lowest BCUT2D eigenvalue weighted by atomic mass is 9.87. The molecule has 0 radical (unpaired) electrons. The summed E-state index contributed by atoms with van der Waals surface area (Å²) in [6.07, 6.45) is 3.36. The molecule has 0 aliphatic carbocycles. The zero-order valence-electron chi connectivity index (χ0n) is 22.5. The van der Waals surface area contributed by atoms with Crippen molar-refractivity contribution in [3.63, 3.8) is 0 Å².